The van der Waals surface area contributed by atoms with Crippen LogP contribution in [0, 0.1) is 12.8 Å². The number of guanidine groups is 1. The summed E-state index contributed by atoms with van der Waals surface area (Å²) >= 11 is 0. The monoisotopic (exact) mass is 572 g/mol. The van der Waals surface area contributed by atoms with Gasteiger partial charge in [-0.3, -0.25) is 0 Å². The molecule has 176 valence electrons. The average molecular weight is 573 g/mol. The lowest BCUT2D eigenvalue weighted by molar-refractivity contribution is 0.296. The fourth-order valence-corrected chi connectivity index (χ4v) is 3.61. The first-order valence-electron chi connectivity index (χ1n) is 10.7. The van der Waals surface area contributed by atoms with Gasteiger partial charge in [-0.1, -0.05) is 24.3 Å². The van der Waals surface area contributed by atoms with Crippen LogP contribution in [0.1, 0.15) is 36.5 Å². The van der Waals surface area contributed by atoms with Crippen LogP contribution in [-0.2, 0) is 23.0 Å². The van der Waals surface area contributed by atoms with E-state index < -0.39 is 10.0 Å². The first-order chi connectivity index (χ1) is 14.8. The Kier molecular flexibility index (Phi) is 10.2. The number of aliphatic imine (C=N–C) groups is 1. The zero-order chi connectivity index (χ0) is 22.3. The minimum Gasteiger partial charge on any atom is -0.493 e. The van der Waals surface area contributed by atoms with E-state index >= 15 is 0 Å². The van der Waals surface area contributed by atoms with Crippen molar-refractivity contribution in [1.82, 2.24) is 10.6 Å². The molecule has 7 nitrogen and oxygen atoms in total. The topological polar surface area (TPSA) is 106 Å². The summed E-state index contributed by atoms with van der Waals surface area (Å²) in [6.07, 6.45) is 3.26. The number of hydrogen-bond donors (Lipinski definition) is 3. The second kappa shape index (κ2) is 12.4. The molecular weight excluding hydrogens is 539 g/mol. The molecule has 32 heavy (non-hydrogen) atoms. The van der Waals surface area contributed by atoms with Gasteiger partial charge >= 0.3 is 0 Å². The molecule has 1 fully saturated rings. The predicted molar refractivity (Wildman–Crippen MR) is 139 cm³/mol. The Morgan fingerprint density at radius 1 is 1.16 bits per heavy atom. The SMILES string of the molecule is CCNC(=NCc1ccc(C)cc1OCC1CC1)NCCc1ccc(S(N)(=O)=O)cc1.I. The van der Waals surface area contributed by atoms with E-state index in [2.05, 4.69) is 35.8 Å². The van der Waals surface area contributed by atoms with Crippen LogP contribution in [0.5, 0.6) is 5.75 Å². The molecule has 4 N–H and O–H groups in total. The van der Waals surface area contributed by atoms with Gasteiger partial charge in [-0.25, -0.2) is 18.5 Å². The van der Waals surface area contributed by atoms with Gasteiger partial charge in [0.1, 0.15) is 5.75 Å². The number of rotatable bonds is 10. The summed E-state index contributed by atoms with van der Waals surface area (Å²) in [4.78, 5) is 4.84. The molecule has 0 unspecified atom stereocenters. The first-order valence-corrected chi connectivity index (χ1v) is 12.3. The number of nitrogens with zero attached hydrogens (tertiary/aromatic N) is 1. The number of nitrogens with two attached hydrogens (primary N) is 1. The van der Waals surface area contributed by atoms with E-state index in [4.69, 9.17) is 14.9 Å². The fourth-order valence-electron chi connectivity index (χ4n) is 3.10. The lowest BCUT2D eigenvalue weighted by atomic mass is 10.1. The molecule has 0 amide bonds. The lowest BCUT2D eigenvalue weighted by Crippen LogP contribution is -2.38. The van der Waals surface area contributed by atoms with Gasteiger partial charge in [0, 0.05) is 18.7 Å². The molecular formula is C23H33IN4O3S. The summed E-state index contributed by atoms with van der Waals surface area (Å²) < 4.78 is 28.8. The van der Waals surface area contributed by atoms with E-state index in [0.717, 1.165) is 42.4 Å². The zero-order valence-electron chi connectivity index (χ0n) is 18.6. The second-order valence-electron chi connectivity index (χ2n) is 7.93. The van der Waals surface area contributed by atoms with Crippen molar-refractivity contribution < 1.29 is 13.2 Å². The maximum absolute atomic E-state index is 11.4. The van der Waals surface area contributed by atoms with Crippen molar-refractivity contribution in [2.24, 2.45) is 16.0 Å². The van der Waals surface area contributed by atoms with Gasteiger partial charge < -0.3 is 15.4 Å². The number of primary sulfonamides is 1. The Balaban J connectivity index is 0.00000363. The van der Waals surface area contributed by atoms with Gasteiger partial charge in [0.05, 0.1) is 18.0 Å². The molecule has 0 spiro atoms. The third-order valence-electron chi connectivity index (χ3n) is 5.10. The van der Waals surface area contributed by atoms with Crippen molar-refractivity contribution >= 4 is 40.0 Å². The maximum atomic E-state index is 11.4. The highest BCUT2D eigenvalue weighted by molar-refractivity contribution is 14.0. The lowest BCUT2D eigenvalue weighted by Gasteiger charge is -2.14. The normalized spacial score (nSPS) is 13.9. The van der Waals surface area contributed by atoms with E-state index in [1.54, 1.807) is 12.1 Å². The molecule has 1 aliphatic carbocycles. The minimum atomic E-state index is -3.66. The van der Waals surface area contributed by atoms with Crippen molar-refractivity contribution in [3.8, 4) is 5.75 Å². The van der Waals surface area contributed by atoms with Gasteiger partial charge in [0.2, 0.25) is 10.0 Å². The zero-order valence-corrected chi connectivity index (χ0v) is 21.8. The minimum absolute atomic E-state index is 0. The van der Waals surface area contributed by atoms with Crippen molar-refractivity contribution in [3.63, 3.8) is 0 Å². The smallest absolute Gasteiger partial charge is 0.238 e. The largest absolute Gasteiger partial charge is 0.493 e. The Hall–Kier alpha value is -1.85. The van der Waals surface area contributed by atoms with Crippen LogP contribution < -0.4 is 20.5 Å². The maximum Gasteiger partial charge on any atom is 0.238 e. The summed E-state index contributed by atoms with van der Waals surface area (Å²) in [6.45, 7) is 6.83. The summed E-state index contributed by atoms with van der Waals surface area (Å²) in [7, 11) is -3.66. The van der Waals surface area contributed by atoms with Crippen molar-refractivity contribution in [1.29, 1.82) is 0 Å². The Morgan fingerprint density at radius 3 is 2.50 bits per heavy atom. The molecule has 2 aromatic carbocycles. The molecule has 0 atom stereocenters. The van der Waals surface area contributed by atoms with Crippen molar-refractivity contribution in [2.45, 2.75) is 44.6 Å². The molecule has 0 aliphatic heterocycles. The number of benzene rings is 2. The van der Waals surface area contributed by atoms with Gasteiger partial charge in [-0.2, -0.15) is 0 Å². The summed E-state index contributed by atoms with van der Waals surface area (Å²) in [5, 5.41) is 11.7. The summed E-state index contributed by atoms with van der Waals surface area (Å²) in [6, 6.07) is 12.9. The molecule has 3 rings (SSSR count). The number of hydrogen-bond acceptors (Lipinski definition) is 4. The Morgan fingerprint density at radius 2 is 1.88 bits per heavy atom. The van der Waals surface area contributed by atoms with E-state index in [9.17, 15) is 8.42 Å². The van der Waals surface area contributed by atoms with E-state index in [1.807, 2.05) is 6.92 Å². The number of aryl methyl sites for hydroxylation is 1. The number of sulfonamides is 1. The number of nitrogens with one attached hydrogen (secondary N) is 2. The van der Waals surface area contributed by atoms with Crippen LogP contribution in [-0.4, -0.2) is 34.1 Å². The van der Waals surface area contributed by atoms with Gasteiger partial charge in [0.25, 0.3) is 0 Å². The highest BCUT2D eigenvalue weighted by Crippen LogP contribution is 2.31. The van der Waals surface area contributed by atoms with Crippen LogP contribution in [0.15, 0.2) is 52.4 Å². The fraction of sp³-hybridized carbons (Fsp3) is 0.435. The van der Waals surface area contributed by atoms with E-state index in [0.29, 0.717) is 19.0 Å². The Bertz CT molecular complexity index is 1010. The van der Waals surface area contributed by atoms with Gasteiger partial charge in [-0.15, -0.1) is 24.0 Å². The number of ether oxygens (including phenoxy) is 1. The highest BCUT2D eigenvalue weighted by atomic mass is 127. The van der Waals surface area contributed by atoms with Crippen LogP contribution in [0.2, 0.25) is 0 Å². The molecule has 0 aromatic heterocycles. The molecule has 0 bridgehead atoms. The second-order valence-corrected chi connectivity index (χ2v) is 9.49. The first kappa shape index (κ1) is 26.4. The predicted octanol–water partition coefficient (Wildman–Crippen LogP) is 3.35. The van der Waals surface area contributed by atoms with Crippen molar-refractivity contribution in [3.05, 3.63) is 59.2 Å². The molecule has 9 heteroatoms. The van der Waals surface area contributed by atoms with E-state index in [-0.39, 0.29) is 28.9 Å². The molecule has 1 aliphatic rings. The molecule has 0 radical (unpaired) electrons. The van der Waals surface area contributed by atoms with Gasteiger partial charge in [-0.05, 0) is 68.4 Å². The van der Waals surface area contributed by atoms with Gasteiger partial charge in [0.15, 0.2) is 5.96 Å². The highest BCUT2D eigenvalue weighted by Gasteiger charge is 2.22. The molecule has 2 aromatic rings. The summed E-state index contributed by atoms with van der Waals surface area (Å²) in [5.41, 5.74) is 3.27. The van der Waals surface area contributed by atoms with Crippen LogP contribution >= 0.6 is 24.0 Å². The average Bonchev–Trinajstić information content (AvgIpc) is 3.55. The third-order valence-corrected chi connectivity index (χ3v) is 6.03. The van der Waals surface area contributed by atoms with Crippen molar-refractivity contribution in [2.75, 3.05) is 19.7 Å². The quantitative estimate of drug-likeness (QED) is 0.230. The third kappa shape index (κ3) is 8.59. The van der Waals surface area contributed by atoms with Crippen LogP contribution in [0.4, 0.5) is 0 Å². The Labute approximate surface area is 208 Å². The molecule has 0 heterocycles. The molecule has 1 saturated carbocycles. The van der Waals surface area contributed by atoms with Crippen LogP contribution in [0.25, 0.3) is 0 Å². The van der Waals surface area contributed by atoms with E-state index in [1.165, 1.54) is 30.5 Å². The number of halogens is 1. The molecule has 0 saturated heterocycles. The standard InChI is InChI=1S/C23H32N4O3S.HI/c1-3-25-23(26-13-12-18-7-10-21(11-8-18)31(24,28)29)27-15-20-9-4-17(2)14-22(20)30-16-19-5-6-19;/h4,7-11,14,19H,3,5-6,12-13,15-16H2,1-2H3,(H2,24,28,29)(H2,25,26,27);1H. The summed E-state index contributed by atoms with van der Waals surface area (Å²) in [5.74, 6) is 2.36. The van der Waals surface area contributed by atoms with Crippen LogP contribution in [0.3, 0.4) is 0 Å².